The minimum absolute atomic E-state index is 0.0190. The predicted octanol–water partition coefficient (Wildman–Crippen LogP) is 1.07. The van der Waals surface area contributed by atoms with Crippen LogP contribution in [0.15, 0.2) is 41.9 Å². The monoisotopic (exact) mass is 351 g/mol. The second kappa shape index (κ2) is 5.60. The number of hydrogen-bond donors (Lipinski definition) is 2. The predicted molar refractivity (Wildman–Crippen MR) is 97.1 cm³/mol. The minimum atomic E-state index is -1.09. The molecule has 1 aromatic heterocycles. The summed E-state index contributed by atoms with van der Waals surface area (Å²) in [4.78, 5) is 27.3. The highest BCUT2D eigenvalue weighted by Gasteiger charge is 2.55. The van der Waals surface area contributed by atoms with Gasteiger partial charge in [-0.15, -0.1) is 0 Å². The molecule has 2 aliphatic rings. The number of nitrogens with two attached hydrogens (primary N) is 1. The molecule has 1 amide bonds. The topological polar surface area (TPSA) is 105 Å². The van der Waals surface area contributed by atoms with Gasteiger partial charge in [-0.3, -0.25) is 9.69 Å². The molecule has 134 valence electrons. The van der Waals surface area contributed by atoms with Gasteiger partial charge in [0, 0.05) is 31.6 Å². The number of carbonyl (C=O) groups is 1. The van der Waals surface area contributed by atoms with Crippen molar-refractivity contribution in [3.8, 4) is 11.1 Å². The van der Waals surface area contributed by atoms with Gasteiger partial charge in [0.15, 0.2) is 11.5 Å². The van der Waals surface area contributed by atoms with Crippen molar-refractivity contribution in [2.45, 2.75) is 25.3 Å². The van der Waals surface area contributed by atoms with Gasteiger partial charge in [0.1, 0.15) is 6.33 Å². The highest BCUT2D eigenvalue weighted by Crippen LogP contribution is 2.50. The fraction of sp³-hybridized carbons (Fsp3) is 0.368. The molecular formula is C19H21N5O2. The highest BCUT2D eigenvalue weighted by atomic mass is 16.3. The average Bonchev–Trinajstić information content (AvgIpc) is 2.86. The molecule has 0 fully saturated rings. The van der Waals surface area contributed by atoms with Crippen LogP contribution < -0.4 is 5.73 Å². The number of rotatable bonds is 2. The number of aliphatic imine (C=N–C) groups is 1. The van der Waals surface area contributed by atoms with Crippen LogP contribution in [0.2, 0.25) is 0 Å². The van der Waals surface area contributed by atoms with Gasteiger partial charge in [-0.1, -0.05) is 19.1 Å². The van der Waals surface area contributed by atoms with Gasteiger partial charge in [0.2, 0.25) is 0 Å². The fourth-order valence-corrected chi connectivity index (χ4v) is 4.08. The molecule has 1 aromatic carbocycles. The largest absolute Gasteiger partial charge is 0.396 e. The van der Waals surface area contributed by atoms with E-state index >= 15 is 0 Å². The van der Waals surface area contributed by atoms with E-state index in [0.29, 0.717) is 12.8 Å². The summed E-state index contributed by atoms with van der Waals surface area (Å²) < 4.78 is 0. The number of amides is 1. The first-order valence-corrected chi connectivity index (χ1v) is 8.52. The Hall–Kier alpha value is -2.80. The molecule has 1 spiro atoms. The standard InChI is InChI=1S/C19H21N5O2/c1-18(10-25)6-13-4-3-12(14-7-21-11-22-8-14)5-15(13)19(9-18)16(26)24(2)17(20)23-19/h3-5,7-8,11,25H,6,9-10H2,1-2H3,(H2,20,23)/t18-,19?/m0/s1. The molecule has 7 heteroatoms. The minimum Gasteiger partial charge on any atom is -0.396 e. The lowest BCUT2D eigenvalue weighted by Gasteiger charge is -2.42. The summed E-state index contributed by atoms with van der Waals surface area (Å²) in [6, 6.07) is 5.98. The van der Waals surface area contributed by atoms with E-state index in [4.69, 9.17) is 5.73 Å². The zero-order valence-electron chi connectivity index (χ0n) is 14.8. The Morgan fingerprint density at radius 2 is 2.00 bits per heavy atom. The number of aromatic nitrogens is 2. The van der Waals surface area contributed by atoms with E-state index in [1.165, 1.54) is 11.2 Å². The fourth-order valence-electron chi connectivity index (χ4n) is 4.08. The van der Waals surface area contributed by atoms with Gasteiger partial charge in [-0.25, -0.2) is 15.0 Å². The van der Waals surface area contributed by atoms with E-state index < -0.39 is 11.0 Å². The normalized spacial score (nSPS) is 27.6. The number of likely N-dealkylation sites (N-methyl/N-ethyl adjacent to an activating group) is 1. The Bertz CT molecular complexity index is 913. The lowest BCUT2D eigenvalue weighted by Crippen LogP contribution is -2.47. The molecule has 4 rings (SSSR count). The van der Waals surface area contributed by atoms with E-state index in [1.54, 1.807) is 19.4 Å². The average molecular weight is 351 g/mol. The van der Waals surface area contributed by atoms with Crippen molar-refractivity contribution in [1.82, 2.24) is 14.9 Å². The number of nitrogens with zero attached hydrogens (tertiary/aromatic N) is 4. The molecule has 0 radical (unpaired) electrons. The number of aliphatic hydroxyl groups is 1. The van der Waals surface area contributed by atoms with Crippen molar-refractivity contribution in [3.63, 3.8) is 0 Å². The number of hydrogen-bond acceptors (Lipinski definition) is 6. The zero-order chi connectivity index (χ0) is 18.5. The van der Waals surface area contributed by atoms with E-state index in [9.17, 15) is 9.90 Å². The maximum atomic E-state index is 13.1. The molecule has 7 nitrogen and oxygen atoms in total. The molecule has 0 saturated carbocycles. The van der Waals surface area contributed by atoms with Gasteiger partial charge in [0.25, 0.3) is 5.91 Å². The van der Waals surface area contributed by atoms with E-state index in [0.717, 1.165) is 22.3 Å². The van der Waals surface area contributed by atoms with Crippen LogP contribution in [0.1, 0.15) is 24.5 Å². The Balaban J connectivity index is 1.93. The number of fused-ring (bicyclic) bond motifs is 2. The highest BCUT2D eigenvalue weighted by molar-refractivity contribution is 6.07. The summed E-state index contributed by atoms with van der Waals surface area (Å²) in [6.45, 7) is 1.96. The van der Waals surface area contributed by atoms with E-state index in [2.05, 4.69) is 15.0 Å². The van der Waals surface area contributed by atoms with Crippen molar-refractivity contribution >= 4 is 11.9 Å². The molecule has 3 N–H and O–H groups in total. The molecule has 2 aromatic rings. The van der Waals surface area contributed by atoms with Gasteiger partial charge < -0.3 is 10.8 Å². The second-order valence-corrected chi connectivity index (χ2v) is 7.52. The van der Waals surface area contributed by atoms with Gasteiger partial charge in [-0.05, 0) is 41.0 Å². The molecule has 1 unspecified atom stereocenters. The first-order valence-electron chi connectivity index (χ1n) is 8.52. The second-order valence-electron chi connectivity index (χ2n) is 7.52. The number of guanidine groups is 1. The molecule has 2 heterocycles. The Morgan fingerprint density at radius 1 is 1.27 bits per heavy atom. The third kappa shape index (κ3) is 2.31. The van der Waals surface area contributed by atoms with Gasteiger partial charge in [0.05, 0.1) is 0 Å². The van der Waals surface area contributed by atoms with Crippen LogP contribution in [0.5, 0.6) is 0 Å². The maximum Gasteiger partial charge on any atom is 0.261 e. The van der Waals surface area contributed by atoms with Crippen LogP contribution >= 0.6 is 0 Å². The van der Waals surface area contributed by atoms with Crippen LogP contribution in [0.3, 0.4) is 0 Å². The number of carbonyl (C=O) groups excluding carboxylic acids is 1. The van der Waals surface area contributed by atoms with Crippen molar-refractivity contribution < 1.29 is 9.90 Å². The van der Waals surface area contributed by atoms with Gasteiger partial charge >= 0.3 is 0 Å². The van der Waals surface area contributed by atoms with E-state index in [1.807, 2.05) is 25.1 Å². The third-order valence-corrected chi connectivity index (χ3v) is 5.44. The van der Waals surface area contributed by atoms with Crippen LogP contribution in [0, 0.1) is 5.41 Å². The summed E-state index contributed by atoms with van der Waals surface area (Å²) in [5.41, 5.74) is 8.11. The quantitative estimate of drug-likeness (QED) is 0.842. The Kier molecular flexibility index (Phi) is 3.59. The molecule has 0 saturated heterocycles. The summed E-state index contributed by atoms with van der Waals surface area (Å²) in [7, 11) is 1.63. The first-order chi connectivity index (χ1) is 12.4. The molecule has 2 atom stereocenters. The molecule has 1 aliphatic heterocycles. The van der Waals surface area contributed by atoms with Crippen molar-refractivity contribution in [2.75, 3.05) is 13.7 Å². The summed E-state index contributed by atoms with van der Waals surface area (Å²) in [6.07, 6.45) is 6.06. The molecule has 0 bridgehead atoms. The first kappa shape index (κ1) is 16.7. The van der Waals surface area contributed by atoms with Crippen molar-refractivity contribution in [3.05, 3.63) is 48.0 Å². The molecule has 1 aliphatic carbocycles. The van der Waals surface area contributed by atoms with Crippen LogP contribution in [0.4, 0.5) is 0 Å². The third-order valence-electron chi connectivity index (χ3n) is 5.44. The summed E-state index contributed by atoms with van der Waals surface area (Å²) in [5.74, 6) is 0.0497. The van der Waals surface area contributed by atoms with Gasteiger partial charge in [-0.2, -0.15) is 0 Å². The Labute approximate surface area is 151 Å². The van der Waals surface area contributed by atoms with E-state index in [-0.39, 0.29) is 18.5 Å². The van der Waals surface area contributed by atoms with Crippen LogP contribution in [-0.4, -0.2) is 45.5 Å². The number of aliphatic hydroxyl groups excluding tert-OH is 1. The molecular weight excluding hydrogens is 330 g/mol. The Morgan fingerprint density at radius 3 is 2.62 bits per heavy atom. The lowest BCUT2D eigenvalue weighted by atomic mass is 9.64. The maximum absolute atomic E-state index is 13.1. The van der Waals surface area contributed by atoms with Crippen LogP contribution in [-0.2, 0) is 16.8 Å². The van der Waals surface area contributed by atoms with Crippen molar-refractivity contribution in [1.29, 1.82) is 0 Å². The zero-order valence-corrected chi connectivity index (χ0v) is 14.8. The van der Waals surface area contributed by atoms with Crippen LogP contribution in [0.25, 0.3) is 11.1 Å². The summed E-state index contributed by atoms with van der Waals surface area (Å²) in [5, 5.41) is 9.95. The smallest absolute Gasteiger partial charge is 0.261 e. The van der Waals surface area contributed by atoms with Crippen molar-refractivity contribution in [2.24, 2.45) is 16.1 Å². The number of benzene rings is 1. The summed E-state index contributed by atoms with van der Waals surface area (Å²) >= 11 is 0. The SMILES string of the molecule is CN1C(=O)C2(C[C@@](C)(CO)Cc3ccc(-c4cncnc4)cc32)N=C1N. The molecule has 26 heavy (non-hydrogen) atoms. The lowest BCUT2D eigenvalue weighted by molar-refractivity contribution is -0.132.